The molecular weight excluding hydrogens is 344 g/mol. The lowest BCUT2D eigenvalue weighted by Crippen LogP contribution is -2.40. The number of benzene rings is 1. The Kier molecular flexibility index (Phi) is 4.37. The molecule has 0 saturated carbocycles. The van der Waals surface area contributed by atoms with Gasteiger partial charge >= 0.3 is 0 Å². The molecule has 0 saturated heterocycles. The highest BCUT2D eigenvalue weighted by atomic mass is 16.5. The molecule has 0 unspecified atom stereocenters. The molecule has 0 atom stereocenters. The summed E-state index contributed by atoms with van der Waals surface area (Å²) in [7, 11) is 0. The maximum Gasteiger partial charge on any atom is 0.265 e. The molecular formula is C20H20N4O3. The number of nitrogens with two attached hydrogens (primary N) is 1. The summed E-state index contributed by atoms with van der Waals surface area (Å²) in [6, 6.07) is 9.58. The van der Waals surface area contributed by atoms with Crippen LogP contribution in [0.2, 0.25) is 0 Å². The number of carbonyl (C=O) groups excluding carboxylic acids is 1. The van der Waals surface area contributed by atoms with Crippen molar-refractivity contribution in [1.82, 2.24) is 4.98 Å². The number of β-amino-alcohol motifs (C(OH)–C–C–N with tert-alkyl or cyclic N) is 1. The molecule has 0 radical (unpaired) electrons. The Labute approximate surface area is 156 Å². The van der Waals surface area contributed by atoms with Crippen LogP contribution in [0.5, 0.6) is 5.75 Å². The van der Waals surface area contributed by atoms with Crippen molar-refractivity contribution in [3.05, 3.63) is 53.3 Å². The van der Waals surface area contributed by atoms with Crippen LogP contribution in [0.4, 0.5) is 5.69 Å². The van der Waals surface area contributed by atoms with E-state index in [4.69, 9.17) is 10.5 Å². The van der Waals surface area contributed by atoms with Crippen LogP contribution in [-0.2, 0) is 4.79 Å². The van der Waals surface area contributed by atoms with E-state index >= 15 is 0 Å². The van der Waals surface area contributed by atoms with Gasteiger partial charge in [-0.3, -0.25) is 9.78 Å². The van der Waals surface area contributed by atoms with Crippen molar-refractivity contribution >= 4 is 28.7 Å². The first kappa shape index (κ1) is 17.2. The van der Waals surface area contributed by atoms with Crippen LogP contribution >= 0.6 is 0 Å². The standard InChI is InChI=1S/C20H20N4O3/c1-12-8-14(4-5-22-12)20-15(10-18(21)23-20)13-2-3-17-16(9-13)24(6-7-25)19(26)11-27-17/h2-5,8-9,25H,6-7,10-11H2,1H3,(H2,21,23). The van der Waals surface area contributed by atoms with E-state index in [2.05, 4.69) is 9.98 Å². The fraction of sp³-hybridized carbons (Fsp3) is 0.250. The predicted molar refractivity (Wildman–Crippen MR) is 103 cm³/mol. The first-order chi connectivity index (χ1) is 13.1. The Hall–Kier alpha value is -3.19. The van der Waals surface area contributed by atoms with Crippen molar-refractivity contribution in [2.24, 2.45) is 10.7 Å². The van der Waals surface area contributed by atoms with Crippen LogP contribution < -0.4 is 15.4 Å². The van der Waals surface area contributed by atoms with Crippen molar-refractivity contribution in [2.75, 3.05) is 24.7 Å². The summed E-state index contributed by atoms with van der Waals surface area (Å²) >= 11 is 0. The van der Waals surface area contributed by atoms with Gasteiger partial charge in [-0.05, 0) is 42.3 Å². The third-order valence-corrected chi connectivity index (χ3v) is 4.64. The van der Waals surface area contributed by atoms with Gasteiger partial charge in [0.1, 0.15) is 11.6 Å². The number of aliphatic hydroxyl groups is 1. The van der Waals surface area contributed by atoms with Crippen LogP contribution in [-0.4, -0.2) is 41.6 Å². The minimum atomic E-state index is -0.171. The number of rotatable bonds is 4. The summed E-state index contributed by atoms with van der Waals surface area (Å²) in [5.74, 6) is 1.00. The fourth-order valence-electron chi connectivity index (χ4n) is 3.42. The first-order valence-electron chi connectivity index (χ1n) is 8.74. The number of nitrogens with zero attached hydrogens (tertiary/aromatic N) is 3. The number of amidine groups is 1. The molecule has 0 aliphatic carbocycles. The van der Waals surface area contributed by atoms with Crippen LogP contribution in [0.25, 0.3) is 11.3 Å². The van der Waals surface area contributed by atoms with E-state index in [1.54, 1.807) is 11.1 Å². The van der Waals surface area contributed by atoms with Gasteiger partial charge in [-0.2, -0.15) is 0 Å². The number of aliphatic imine (C=N–C) groups is 1. The average Bonchev–Trinajstić information content (AvgIpc) is 3.05. The van der Waals surface area contributed by atoms with Crippen LogP contribution in [0.1, 0.15) is 23.2 Å². The summed E-state index contributed by atoms with van der Waals surface area (Å²) in [4.78, 5) is 22.5. The second kappa shape index (κ2) is 6.85. The van der Waals surface area contributed by atoms with E-state index in [0.29, 0.717) is 23.7 Å². The van der Waals surface area contributed by atoms with Crippen molar-refractivity contribution < 1.29 is 14.6 Å². The third kappa shape index (κ3) is 3.17. The Balaban J connectivity index is 1.81. The maximum absolute atomic E-state index is 12.2. The SMILES string of the molecule is Cc1cc(C2=C(c3ccc4c(c3)N(CCO)C(=O)CO4)CC(N)=N2)ccn1. The second-order valence-electron chi connectivity index (χ2n) is 6.53. The molecule has 7 nitrogen and oxygen atoms in total. The smallest absolute Gasteiger partial charge is 0.265 e. The molecule has 0 bridgehead atoms. The van der Waals surface area contributed by atoms with Crippen molar-refractivity contribution in [1.29, 1.82) is 0 Å². The number of hydrogen-bond donors (Lipinski definition) is 2. The molecule has 138 valence electrons. The molecule has 1 amide bonds. The normalized spacial score (nSPS) is 16.3. The van der Waals surface area contributed by atoms with Crippen LogP contribution in [0.3, 0.4) is 0 Å². The molecule has 4 rings (SSSR count). The van der Waals surface area contributed by atoms with Crippen molar-refractivity contribution in [2.45, 2.75) is 13.3 Å². The molecule has 7 heteroatoms. The molecule has 2 aliphatic rings. The van der Waals surface area contributed by atoms with Gasteiger partial charge in [0.15, 0.2) is 6.61 Å². The number of ether oxygens (including phenoxy) is 1. The van der Waals surface area contributed by atoms with Gasteiger partial charge < -0.3 is 20.5 Å². The Morgan fingerprint density at radius 3 is 2.89 bits per heavy atom. The van der Waals surface area contributed by atoms with E-state index in [1.165, 1.54) is 0 Å². The van der Waals surface area contributed by atoms with Crippen molar-refractivity contribution in [3.8, 4) is 5.75 Å². The number of pyridine rings is 1. The zero-order chi connectivity index (χ0) is 19.0. The molecule has 0 spiro atoms. The highest BCUT2D eigenvalue weighted by Gasteiger charge is 2.27. The average molecular weight is 364 g/mol. The Morgan fingerprint density at radius 1 is 1.26 bits per heavy atom. The summed E-state index contributed by atoms with van der Waals surface area (Å²) in [6.07, 6.45) is 2.28. The molecule has 2 aliphatic heterocycles. The summed E-state index contributed by atoms with van der Waals surface area (Å²) in [5.41, 5.74) is 11.3. The van der Waals surface area contributed by atoms with E-state index in [9.17, 15) is 9.90 Å². The van der Waals surface area contributed by atoms with Gasteiger partial charge in [-0.25, -0.2) is 4.99 Å². The van der Waals surface area contributed by atoms with E-state index in [-0.39, 0.29) is 25.7 Å². The maximum atomic E-state index is 12.2. The molecule has 27 heavy (non-hydrogen) atoms. The van der Waals surface area contributed by atoms with Gasteiger partial charge in [0, 0.05) is 30.4 Å². The number of fused-ring (bicyclic) bond motifs is 1. The topological polar surface area (TPSA) is 101 Å². The minimum absolute atomic E-state index is 0.0212. The molecule has 0 fully saturated rings. The van der Waals surface area contributed by atoms with Crippen molar-refractivity contribution in [3.63, 3.8) is 0 Å². The Morgan fingerprint density at radius 2 is 2.11 bits per heavy atom. The monoisotopic (exact) mass is 364 g/mol. The molecule has 3 heterocycles. The van der Waals surface area contributed by atoms with Crippen LogP contribution in [0.15, 0.2) is 41.5 Å². The first-order valence-corrected chi connectivity index (χ1v) is 8.74. The predicted octanol–water partition coefficient (Wildman–Crippen LogP) is 1.74. The lowest BCUT2D eigenvalue weighted by Gasteiger charge is -2.29. The number of hydrogen-bond acceptors (Lipinski definition) is 6. The third-order valence-electron chi connectivity index (χ3n) is 4.64. The summed E-state index contributed by atoms with van der Waals surface area (Å²) < 4.78 is 5.53. The number of aryl methyl sites for hydroxylation is 1. The molecule has 1 aromatic heterocycles. The lowest BCUT2D eigenvalue weighted by atomic mass is 9.97. The molecule has 2 aromatic rings. The summed E-state index contributed by atoms with van der Waals surface area (Å²) in [6.45, 7) is 2.02. The van der Waals surface area contributed by atoms with Gasteiger partial charge in [0.05, 0.1) is 18.0 Å². The number of anilines is 1. The number of aromatic nitrogens is 1. The largest absolute Gasteiger partial charge is 0.482 e. The molecule has 1 aromatic carbocycles. The Bertz CT molecular complexity index is 981. The van der Waals surface area contributed by atoms with E-state index in [1.807, 2.05) is 37.3 Å². The summed E-state index contributed by atoms with van der Waals surface area (Å²) in [5, 5.41) is 9.31. The number of aliphatic hydroxyl groups excluding tert-OH is 1. The van der Waals surface area contributed by atoms with E-state index in [0.717, 1.165) is 28.1 Å². The van der Waals surface area contributed by atoms with Gasteiger partial charge in [-0.1, -0.05) is 6.07 Å². The van der Waals surface area contributed by atoms with Gasteiger partial charge in [0.2, 0.25) is 0 Å². The zero-order valence-corrected chi connectivity index (χ0v) is 15.0. The zero-order valence-electron chi connectivity index (χ0n) is 15.0. The lowest BCUT2D eigenvalue weighted by molar-refractivity contribution is -0.121. The highest BCUT2D eigenvalue weighted by molar-refractivity contribution is 6.09. The fourth-order valence-corrected chi connectivity index (χ4v) is 3.42. The van der Waals surface area contributed by atoms with Gasteiger partial charge in [-0.15, -0.1) is 0 Å². The van der Waals surface area contributed by atoms with E-state index < -0.39 is 0 Å². The minimum Gasteiger partial charge on any atom is -0.482 e. The highest BCUT2D eigenvalue weighted by Crippen LogP contribution is 2.39. The second-order valence-corrected chi connectivity index (χ2v) is 6.53. The number of amides is 1. The molecule has 3 N–H and O–H groups in total. The quantitative estimate of drug-likeness (QED) is 0.860. The number of carbonyl (C=O) groups is 1. The van der Waals surface area contributed by atoms with Crippen LogP contribution in [0, 0.1) is 6.92 Å². The van der Waals surface area contributed by atoms with Gasteiger partial charge in [0.25, 0.3) is 5.91 Å².